The van der Waals surface area contributed by atoms with Gasteiger partial charge in [0, 0.05) is 68.1 Å². The first-order valence-electron chi connectivity index (χ1n) is 15.2. The molecular weight excluding hydrogens is 747 g/mol. The number of rotatable bonds is 8. The predicted molar refractivity (Wildman–Crippen MR) is 186 cm³/mol. The molecule has 0 saturated carbocycles. The average molecular weight is 777 g/mol. The second-order valence-electron chi connectivity index (χ2n) is 11.3. The second kappa shape index (κ2) is 16.3. The molecule has 0 bridgehead atoms. The molecule has 265 valence electrons. The molecular formula is C38H30Cl2CuN2O8. The minimum Gasteiger partial charge on any atom is -0.550 e. The van der Waals surface area contributed by atoms with Crippen molar-refractivity contribution in [3.05, 3.63) is 129 Å². The number of aliphatic carboxylic acids is 2. The van der Waals surface area contributed by atoms with Crippen LogP contribution in [0.4, 0.5) is 0 Å². The first kappa shape index (κ1) is 38.7. The summed E-state index contributed by atoms with van der Waals surface area (Å²) < 4.78 is 13.5. The number of carbonyl (C=O) groups excluding carboxylic acids is 4. The van der Waals surface area contributed by atoms with E-state index < -0.39 is 11.9 Å². The van der Waals surface area contributed by atoms with Crippen molar-refractivity contribution in [1.82, 2.24) is 9.13 Å². The van der Waals surface area contributed by atoms with Crippen LogP contribution in [0.5, 0.6) is 11.5 Å². The Morgan fingerprint density at radius 1 is 0.588 bits per heavy atom. The Morgan fingerprint density at radius 3 is 1.22 bits per heavy atom. The fraction of sp³-hybridized carbons (Fsp3) is 0.158. The summed E-state index contributed by atoms with van der Waals surface area (Å²) in [6, 6.07) is 23.5. The van der Waals surface area contributed by atoms with Gasteiger partial charge in [0.05, 0.1) is 25.3 Å². The molecule has 2 heterocycles. The number of hydrogen-bond donors (Lipinski definition) is 0. The van der Waals surface area contributed by atoms with Gasteiger partial charge in [0.1, 0.15) is 11.5 Å². The van der Waals surface area contributed by atoms with Crippen molar-refractivity contribution in [2.45, 2.75) is 26.7 Å². The Hall–Kier alpha value is -5.06. The standard InChI is InChI=1S/2C19H16ClNO4.Cu/c2*1-11-15(10-18(22)23)16-9-14(25-2)7-8-17(16)21(11)19(24)12-3-5-13(20)6-4-12;/h2*3-9H,10H2,1-2H3,(H,22,23);/q;;+2/p-2. The molecule has 0 fully saturated rings. The zero-order chi connectivity index (χ0) is 36.3. The third-order valence-electron chi connectivity index (χ3n) is 8.31. The molecule has 51 heavy (non-hydrogen) atoms. The van der Waals surface area contributed by atoms with Gasteiger partial charge in [-0.1, -0.05) is 23.2 Å². The number of hydrogen-bond acceptors (Lipinski definition) is 8. The summed E-state index contributed by atoms with van der Waals surface area (Å²) >= 11 is 11.8. The van der Waals surface area contributed by atoms with E-state index in [1.54, 1.807) is 98.8 Å². The van der Waals surface area contributed by atoms with Crippen LogP contribution in [0, 0.1) is 13.8 Å². The van der Waals surface area contributed by atoms with Crippen LogP contribution in [-0.4, -0.2) is 47.1 Å². The molecule has 0 N–H and O–H groups in total. The first-order valence-corrected chi connectivity index (χ1v) is 16.0. The molecule has 10 nitrogen and oxygen atoms in total. The fourth-order valence-electron chi connectivity index (χ4n) is 5.88. The number of carboxylic acid groups (broad SMARTS) is 2. The molecule has 0 spiro atoms. The van der Waals surface area contributed by atoms with Gasteiger partial charge in [-0.15, -0.1) is 0 Å². The molecule has 0 atom stereocenters. The van der Waals surface area contributed by atoms with E-state index in [1.165, 1.54) is 23.4 Å². The number of benzene rings is 4. The number of ether oxygens (including phenoxy) is 2. The third-order valence-corrected chi connectivity index (χ3v) is 8.82. The SMILES string of the molecule is COc1ccc2c(c1)c(CC(=O)[O-])c(C)n2C(=O)c1ccc(Cl)cc1.COc1ccc2c(c1)c(CC(=O)[O-])c(C)n2C(=O)c1ccc(Cl)cc1.[Cu+2]. The summed E-state index contributed by atoms with van der Waals surface area (Å²) in [6.07, 6.45) is -0.563. The molecule has 0 saturated heterocycles. The molecule has 13 heteroatoms. The van der Waals surface area contributed by atoms with Crippen LogP contribution in [0.3, 0.4) is 0 Å². The summed E-state index contributed by atoms with van der Waals surface area (Å²) in [4.78, 5) is 48.3. The van der Waals surface area contributed by atoms with Crippen molar-refractivity contribution in [3.63, 3.8) is 0 Å². The number of carboxylic acids is 2. The van der Waals surface area contributed by atoms with Gasteiger partial charge in [-0.2, -0.15) is 0 Å². The smallest absolute Gasteiger partial charge is 0.550 e. The van der Waals surface area contributed by atoms with Gasteiger partial charge in [0.15, 0.2) is 0 Å². The van der Waals surface area contributed by atoms with Gasteiger partial charge in [-0.05, 0) is 110 Å². The van der Waals surface area contributed by atoms with Crippen molar-refractivity contribution < 1.29 is 55.9 Å². The molecule has 0 amide bonds. The molecule has 0 unspecified atom stereocenters. The minimum absolute atomic E-state index is 0. The van der Waals surface area contributed by atoms with Crippen molar-refractivity contribution in [2.24, 2.45) is 0 Å². The molecule has 0 aliphatic carbocycles. The van der Waals surface area contributed by atoms with Crippen LogP contribution >= 0.6 is 23.2 Å². The Balaban J connectivity index is 0.000000224. The number of methoxy groups -OCH3 is 2. The Morgan fingerprint density at radius 2 is 0.922 bits per heavy atom. The van der Waals surface area contributed by atoms with Crippen LogP contribution in [0.2, 0.25) is 10.0 Å². The number of fused-ring (bicyclic) bond motifs is 2. The number of halogens is 2. The van der Waals surface area contributed by atoms with Gasteiger partial charge >= 0.3 is 17.1 Å². The van der Waals surface area contributed by atoms with Gasteiger partial charge in [-0.25, -0.2) is 0 Å². The van der Waals surface area contributed by atoms with Crippen molar-refractivity contribution in [2.75, 3.05) is 14.2 Å². The molecule has 0 aliphatic rings. The van der Waals surface area contributed by atoms with Gasteiger partial charge in [0.25, 0.3) is 11.8 Å². The largest absolute Gasteiger partial charge is 2.00 e. The molecule has 0 aliphatic heterocycles. The van der Waals surface area contributed by atoms with E-state index in [4.69, 9.17) is 32.7 Å². The monoisotopic (exact) mass is 775 g/mol. The van der Waals surface area contributed by atoms with Crippen LogP contribution in [0.15, 0.2) is 84.9 Å². The van der Waals surface area contributed by atoms with Crippen LogP contribution in [0.25, 0.3) is 21.8 Å². The Bertz CT molecular complexity index is 2120. The van der Waals surface area contributed by atoms with Gasteiger partial charge in [0.2, 0.25) is 0 Å². The average Bonchev–Trinajstić information content (AvgIpc) is 3.52. The summed E-state index contributed by atoms with van der Waals surface area (Å²) in [6.45, 7) is 3.44. The van der Waals surface area contributed by atoms with E-state index in [0.717, 1.165) is 0 Å². The normalized spacial score (nSPS) is 10.6. The quantitative estimate of drug-likeness (QED) is 0.193. The molecule has 2 aromatic heterocycles. The zero-order valence-electron chi connectivity index (χ0n) is 27.7. The molecule has 6 rings (SSSR count). The number of carbonyl (C=O) groups is 4. The van der Waals surface area contributed by atoms with Gasteiger partial charge in [-0.3, -0.25) is 18.7 Å². The summed E-state index contributed by atoms with van der Waals surface area (Å²) in [5, 5.41) is 24.7. The Kier molecular flexibility index (Phi) is 12.4. The maximum Gasteiger partial charge on any atom is 2.00 e. The second-order valence-corrected chi connectivity index (χ2v) is 12.2. The summed E-state index contributed by atoms with van der Waals surface area (Å²) in [5.41, 5.74) is 4.36. The van der Waals surface area contributed by atoms with E-state index in [0.29, 0.717) is 77.0 Å². The molecule has 6 aromatic rings. The van der Waals surface area contributed by atoms with Gasteiger partial charge < -0.3 is 29.3 Å². The van der Waals surface area contributed by atoms with Crippen LogP contribution < -0.4 is 19.7 Å². The number of aromatic nitrogens is 2. The van der Waals surface area contributed by atoms with Crippen molar-refractivity contribution >= 4 is 68.8 Å². The zero-order valence-corrected chi connectivity index (χ0v) is 30.2. The van der Waals surface area contributed by atoms with Crippen LogP contribution in [-0.2, 0) is 39.5 Å². The summed E-state index contributed by atoms with van der Waals surface area (Å²) in [7, 11) is 3.06. The molecule has 1 radical (unpaired) electrons. The minimum atomic E-state index is -1.20. The first-order chi connectivity index (χ1) is 23.8. The molecule has 4 aromatic carbocycles. The van der Waals surface area contributed by atoms with E-state index >= 15 is 0 Å². The Labute approximate surface area is 313 Å². The van der Waals surface area contributed by atoms with Crippen molar-refractivity contribution in [1.29, 1.82) is 0 Å². The maximum absolute atomic E-state index is 13.0. The maximum atomic E-state index is 13.0. The van der Waals surface area contributed by atoms with E-state index in [1.807, 2.05) is 0 Å². The van der Waals surface area contributed by atoms with Crippen LogP contribution in [0.1, 0.15) is 43.2 Å². The fourth-order valence-corrected chi connectivity index (χ4v) is 6.13. The van der Waals surface area contributed by atoms with E-state index in [9.17, 15) is 29.4 Å². The third kappa shape index (κ3) is 8.13. The number of nitrogens with zero attached hydrogens (tertiary/aromatic N) is 2. The topological polar surface area (TPSA) is 143 Å². The van der Waals surface area contributed by atoms with Crippen molar-refractivity contribution in [3.8, 4) is 11.5 Å². The van der Waals surface area contributed by atoms with E-state index in [-0.39, 0.29) is 41.7 Å². The predicted octanol–water partition coefficient (Wildman–Crippen LogP) is 5.18. The summed E-state index contributed by atoms with van der Waals surface area (Å²) in [5.74, 6) is -1.75. The van der Waals surface area contributed by atoms with E-state index in [2.05, 4.69) is 0 Å².